The van der Waals surface area contributed by atoms with Gasteiger partial charge >= 0.3 is 226 Å². The SMILES string of the molecule is C=C(C[C@H](CCOC(=O)C(C)(C)C)O[Si](C)(C)C(C)(C)C)[CH2][Sn]([CH2]CCC)([CH2]CCC)[CH2]CCC. The number of carbonyl (C=O) groups is 1. The fraction of sp³-hybridized carbons (Fsp3) is 0.900. The Bertz CT molecular complexity index is 594. The normalized spacial score (nSPS) is 14.1. The molecule has 0 aromatic rings. The van der Waals surface area contributed by atoms with Crippen LogP contribution in [0, 0.1) is 5.41 Å². The first-order chi connectivity index (χ1) is 16.0. The topological polar surface area (TPSA) is 35.5 Å². The zero-order valence-electron chi connectivity index (χ0n) is 25.7. The predicted octanol–water partition coefficient (Wildman–Crippen LogP) is 10.2. The molecule has 0 aliphatic carbocycles. The zero-order chi connectivity index (χ0) is 27.3. The number of hydrogen-bond acceptors (Lipinski definition) is 3. The minimum absolute atomic E-state index is 0.0867. The number of rotatable bonds is 18. The van der Waals surface area contributed by atoms with Crippen molar-refractivity contribution in [1.29, 1.82) is 0 Å². The molecule has 0 bridgehead atoms. The standard InChI is InChI=1S/C18H35O3Si.3C4H9.Sn/c1-14(2)13-15(21-22(9,10)18(6,7)8)11-12-20-16(19)17(3,4)5;3*1-3-4-2;/h15H,1-2,11-13H2,3-10H3;3*1,3-4H2,2H3;/t15-;;;;/m0..../s1. The van der Waals surface area contributed by atoms with Crippen molar-refractivity contribution in [3.8, 4) is 0 Å². The Morgan fingerprint density at radius 3 is 1.71 bits per heavy atom. The summed E-state index contributed by atoms with van der Waals surface area (Å²) in [5.41, 5.74) is 0.945. The van der Waals surface area contributed by atoms with Gasteiger partial charge < -0.3 is 0 Å². The van der Waals surface area contributed by atoms with Crippen molar-refractivity contribution in [3.05, 3.63) is 12.2 Å². The molecular formula is C30H62O3SiSn. The van der Waals surface area contributed by atoms with E-state index in [0.717, 1.165) is 12.8 Å². The number of esters is 1. The van der Waals surface area contributed by atoms with Crippen LogP contribution in [0.1, 0.15) is 114 Å². The van der Waals surface area contributed by atoms with Gasteiger partial charge in [-0.3, -0.25) is 0 Å². The molecule has 5 heteroatoms. The number of hydrogen-bond donors (Lipinski definition) is 0. The Morgan fingerprint density at radius 1 is 0.886 bits per heavy atom. The quantitative estimate of drug-likeness (QED) is 0.0872. The van der Waals surface area contributed by atoms with Gasteiger partial charge in [-0.05, 0) is 0 Å². The second-order valence-electron chi connectivity index (χ2n) is 13.6. The van der Waals surface area contributed by atoms with Gasteiger partial charge in [-0.1, -0.05) is 0 Å². The first-order valence-electron chi connectivity index (χ1n) is 14.5. The fourth-order valence-corrected chi connectivity index (χ4v) is 22.4. The van der Waals surface area contributed by atoms with Crippen molar-refractivity contribution in [1.82, 2.24) is 0 Å². The summed E-state index contributed by atoms with van der Waals surface area (Å²) < 4.78 is 18.4. The van der Waals surface area contributed by atoms with E-state index >= 15 is 0 Å². The summed E-state index contributed by atoms with van der Waals surface area (Å²) in [5, 5.41) is 0.154. The number of unbranched alkanes of at least 4 members (excludes halogenated alkanes) is 3. The van der Waals surface area contributed by atoms with E-state index in [1.807, 2.05) is 20.8 Å². The van der Waals surface area contributed by atoms with Crippen molar-refractivity contribution in [2.45, 2.75) is 156 Å². The summed E-state index contributed by atoms with van der Waals surface area (Å²) in [6, 6.07) is 0. The van der Waals surface area contributed by atoms with E-state index in [9.17, 15) is 4.79 Å². The van der Waals surface area contributed by atoms with Gasteiger partial charge in [0.1, 0.15) is 0 Å². The van der Waals surface area contributed by atoms with Crippen LogP contribution >= 0.6 is 0 Å². The first-order valence-corrected chi connectivity index (χ1v) is 25.5. The van der Waals surface area contributed by atoms with Crippen molar-refractivity contribution in [2.75, 3.05) is 6.61 Å². The van der Waals surface area contributed by atoms with Gasteiger partial charge in [0.15, 0.2) is 0 Å². The van der Waals surface area contributed by atoms with Gasteiger partial charge in [-0.2, -0.15) is 0 Å². The molecule has 0 unspecified atom stereocenters. The molecule has 0 aromatic heterocycles. The van der Waals surface area contributed by atoms with Crippen LogP contribution in [0.3, 0.4) is 0 Å². The summed E-state index contributed by atoms with van der Waals surface area (Å²) >= 11 is -2.29. The van der Waals surface area contributed by atoms with Gasteiger partial charge in [-0.25, -0.2) is 0 Å². The average Bonchev–Trinajstić information content (AvgIpc) is 2.72. The van der Waals surface area contributed by atoms with Crippen LogP contribution < -0.4 is 0 Å². The Hall–Kier alpha value is 0.186. The average molecular weight is 618 g/mol. The van der Waals surface area contributed by atoms with E-state index < -0.39 is 32.1 Å². The molecule has 0 aromatic carbocycles. The number of ether oxygens (including phenoxy) is 1. The molecule has 0 heterocycles. The van der Waals surface area contributed by atoms with E-state index in [1.54, 1.807) is 0 Å². The molecule has 208 valence electrons. The van der Waals surface area contributed by atoms with E-state index in [2.05, 4.69) is 61.2 Å². The number of carbonyl (C=O) groups excluding carboxylic acids is 1. The molecule has 0 fully saturated rings. The van der Waals surface area contributed by atoms with E-state index in [-0.39, 0.29) is 17.1 Å². The van der Waals surface area contributed by atoms with E-state index in [1.165, 1.54) is 61.8 Å². The molecule has 0 rings (SSSR count). The van der Waals surface area contributed by atoms with Crippen LogP contribution in [0.25, 0.3) is 0 Å². The summed E-state index contributed by atoms with van der Waals surface area (Å²) in [7, 11) is -1.93. The zero-order valence-corrected chi connectivity index (χ0v) is 29.6. The first kappa shape index (κ1) is 35.2. The minimum atomic E-state index is -2.29. The summed E-state index contributed by atoms with van der Waals surface area (Å²) in [6.45, 7) is 29.4. The monoisotopic (exact) mass is 618 g/mol. The van der Waals surface area contributed by atoms with Crippen LogP contribution in [0.4, 0.5) is 0 Å². The van der Waals surface area contributed by atoms with E-state index in [4.69, 9.17) is 9.16 Å². The molecule has 3 nitrogen and oxygen atoms in total. The summed E-state index contributed by atoms with van der Waals surface area (Å²) in [6.07, 6.45) is 9.86. The second kappa shape index (κ2) is 16.2. The Labute approximate surface area is 225 Å². The summed E-state index contributed by atoms with van der Waals surface area (Å²) in [5.74, 6) is -0.128. The van der Waals surface area contributed by atoms with Crippen molar-refractivity contribution in [3.63, 3.8) is 0 Å². The van der Waals surface area contributed by atoms with Gasteiger partial charge in [0.25, 0.3) is 0 Å². The summed E-state index contributed by atoms with van der Waals surface area (Å²) in [4.78, 5) is 12.3. The van der Waals surface area contributed by atoms with Crippen LogP contribution in [0.15, 0.2) is 12.2 Å². The molecule has 0 N–H and O–H groups in total. The van der Waals surface area contributed by atoms with Gasteiger partial charge in [-0.15, -0.1) is 0 Å². The Morgan fingerprint density at radius 2 is 1.34 bits per heavy atom. The third kappa shape index (κ3) is 14.1. The maximum absolute atomic E-state index is 12.3. The Kier molecular flexibility index (Phi) is 16.3. The molecule has 0 amide bonds. The Balaban J connectivity index is 5.59. The molecular weight excluding hydrogens is 555 g/mol. The van der Waals surface area contributed by atoms with Crippen molar-refractivity contribution < 1.29 is 14.0 Å². The van der Waals surface area contributed by atoms with Crippen LogP contribution in [0.5, 0.6) is 0 Å². The molecule has 0 spiro atoms. The van der Waals surface area contributed by atoms with Gasteiger partial charge in [0.2, 0.25) is 0 Å². The fourth-order valence-electron chi connectivity index (χ4n) is 4.52. The molecule has 0 aliphatic rings. The van der Waals surface area contributed by atoms with Crippen LogP contribution in [-0.4, -0.2) is 45.4 Å². The molecule has 0 saturated heterocycles. The van der Waals surface area contributed by atoms with Crippen molar-refractivity contribution >= 4 is 32.7 Å². The maximum atomic E-state index is 12.3. The van der Waals surface area contributed by atoms with Crippen molar-refractivity contribution in [2.24, 2.45) is 5.41 Å². The van der Waals surface area contributed by atoms with E-state index in [0.29, 0.717) is 6.61 Å². The molecule has 0 saturated carbocycles. The van der Waals surface area contributed by atoms with Gasteiger partial charge in [0.05, 0.1) is 0 Å². The molecule has 0 radical (unpaired) electrons. The second-order valence-corrected chi connectivity index (χ2v) is 32.2. The third-order valence-electron chi connectivity index (χ3n) is 7.88. The predicted molar refractivity (Wildman–Crippen MR) is 161 cm³/mol. The molecule has 0 aliphatic heterocycles. The molecule has 35 heavy (non-hydrogen) atoms. The van der Waals surface area contributed by atoms with Crippen LogP contribution in [0.2, 0.25) is 35.9 Å². The molecule has 1 atom stereocenters. The third-order valence-corrected chi connectivity index (χ3v) is 28.1. The van der Waals surface area contributed by atoms with Gasteiger partial charge in [0, 0.05) is 0 Å². The van der Waals surface area contributed by atoms with Crippen LogP contribution in [-0.2, 0) is 14.0 Å².